The van der Waals surface area contributed by atoms with Crippen LogP contribution in [0.4, 0.5) is 17.1 Å². The van der Waals surface area contributed by atoms with Crippen LogP contribution in [-0.2, 0) is 16.0 Å². The molecule has 13 heteroatoms. The Labute approximate surface area is 156 Å². The number of methoxy groups -OCH3 is 1. The van der Waals surface area contributed by atoms with E-state index in [1.54, 1.807) is 0 Å². The minimum absolute atomic E-state index is 0.0151. The molecule has 0 aliphatic heterocycles. The number of hydrogen-bond donors (Lipinski definition) is 2. The van der Waals surface area contributed by atoms with Crippen LogP contribution in [0.1, 0.15) is 16.1 Å². The fourth-order valence-corrected chi connectivity index (χ4v) is 2.34. The summed E-state index contributed by atoms with van der Waals surface area (Å²) < 4.78 is 4.62. The maximum Gasteiger partial charge on any atom is 0.492 e. The average Bonchev–Trinajstić information content (AvgIpc) is 3.18. The molecule has 1 atom stereocenters. The van der Waals surface area contributed by atoms with Crippen LogP contribution < -0.4 is 5.32 Å². The zero-order valence-corrected chi connectivity index (χ0v) is 14.3. The zero-order valence-electron chi connectivity index (χ0n) is 14.3. The van der Waals surface area contributed by atoms with Gasteiger partial charge in [-0.25, -0.2) is 9.78 Å². The normalized spacial score (nSPS) is 11.1. The number of hydrogen-bond acceptors (Lipinski definition) is 8. The van der Waals surface area contributed by atoms with Gasteiger partial charge in [0.2, 0.25) is 0 Å². The van der Waals surface area contributed by atoms with Gasteiger partial charge in [0.05, 0.1) is 28.8 Å². The molecule has 13 nitrogen and oxygen atoms in total. The second-order valence-corrected chi connectivity index (χ2v) is 5.34. The number of esters is 1. The molecule has 0 saturated heterocycles. The molecule has 0 aliphatic carbocycles. The van der Waals surface area contributed by atoms with Crippen LogP contribution in [0.25, 0.3) is 4.85 Å². The number of aromatic amines is 1. The van der Waals surface area contributed by atoms with Gasteiger partial charge in [0, 0.05) is 30.4 Å². The van der Waals surface area contributed by atoms with Crippen molar-refractivity contribution >= 4 is 28.9 Å². The van der Waals surface area contributed by atoms with Crippen molar-refractivity contribution < 1.29 is 24.2 Å². The summed E-state index contributed by atoms with van der Waals surface area (Å²) in [6, 6.07) is 0.381. The fraction of sp³-hybridized carbons (Fsp3) is 0.200. The standard InChI is InChI=1S/C15H12N6O7/c1-16-13-11(20(24)25)3-8(4-12(13)21(26)27)14(22)19-10(15(23)28-2)5-9-6-17-7-18-9/h1,3-4,6-7,10H,5H2,2H3,(H-,17,18,19,22)/p+1/t10-/m1/s1. The Balaban J connectivity index is 2.41. The highest BCUT2D eigenvalue weighted by molar-refractivity contribution is 5.99. The number of carbonyl (C=O) groups is 2. The molecule has 1 aromatic heterocycles. The number of nitro groups is 2. The lowest BCUT2D eigenvalue weighted by Crippen LogP contribution is -2.43. The molecule has 0 saturated carbocycles. The average molecular weight is 389 g/mol. The molecule has 2 rings (SSSR count). The third kappa shape index (κ3) is 4.25. The summed E-state index contributed by atoms with van der Waals surface area (Å²) in [4.78, 5) is 54.5. The number of benzene rings is 1. The molecule has 144 valence electrons. The molecule has 2 aromatic rings. The summed E-state index contributed by atoms with van der Waals surface area (Å²) in [5.74, 6) is -1.76. The van der Waals surface area contributed by atoms with E-state index in [0.717, 1.165) is 19.2 Å². The molecule has 0 bridgehead atoms. The van der Waals surface area contributed by atoms with E-state index in [2.05, 4.69) is 24.9 Å². The van der Waals surface area contributed by atoms with E-state index in [1.165, 1.54) is 12.5 Å². The van der Waals surface area contributed by atoms with E-state index < -0.39 is 50.4 Å². The van der Waals surface area contributed by atoms with Gasteiger partial charge in [-0.15, -0.1) is 0 Å². The van der Waals surface area contributed by atoms with Gasteiger partial charge in [-0.3, -0.25) is 25.0 Å². The Bertz CT molecular complexity index is 944. The largest absolute Gasteiger partial charge is 0.492 e. The van der Waals surface area contributed by atoms with E-state index >= 15 is 0 Å². The molecular formula is C15H13N6O7+. The van der Waals surface area contributed by atoms with Gasteiger partial charge in [0.1, 0.15) is 6.04 Å². The van der Waals surface area contributed by atoms with Crippen molar-refractivity contribution in [1.29, 1.82) is 0 Å². The van der Waals surface area contributed by atoms with Gasteiger partial charge < -0.3 is 15.0 Å². The molecule has 2 N–H and O–H groups in total. The SMILES string of the molecule is C#[N+]c1c([N+](=O)[O-])cc(C(=O)N[C@H](Cc2cnc[nH]2)C(=O)OC)cc1[N+](=O)[O-]. The Hall–Kier alpha value is -4.34. The Morgan fingerprint density at radius 2 is 1.93 bits per heavy atom. The molecule has 0 radical (unpaired) electrons. The first-order valence-corrected chi connectivity index (χ1v) is 7.52. The van der Waals surface area contributed by atoms with Crippen LogP contribution in [0.2, 0.25) is 0 Å². The Kier molecular flexibility index (Phi) is 5.96. The summed E-state index contributed by atoms with van der Waals surface area (Å²) in [7, 11) is 1.11. The first-order valence-electron chi connectivity index (χ1n) is 7.52. The van der Waals surface area contributed by atoms with Crippen LogP contribution in [0.3, 0.4) is 0 Å². The minimum atomic E-state index is -1.17. The molecule has 0 spiro atoms. The molecule has 0 unspecified atom stereocenters. The second-order valence-electron chi connectivity index (χ2n) is 5.34. The van der Waals surface area contributed by atoms with E-state index in [0.29, 0.717) is 5.69 Å². The number of H-pyrrole nitrogens is 1. The van der Waals surface area contributed by atoms with Gasteiger partial charge in [0.25, 0.3) is 12.5 Å². The highest BCUT2D eigenvalue weighted by atomic mass is 16.6. The Morgan fingerprint density at radius 3 is 2.36 bits per heavy atom. The van der Waals surface area contributed by atoms with Gasteiger partial charge in [-0.2, -0.15) is 0 Å². The highest BCUT2D eigenvalue weighted by Crippen LogP contribution is 2.38. The van der Waals surface area contributed by atoms with Crippen molar-refractivity contribution in [3.63, 3.8) is 0 Å². The summed E-state index contributed by atoms with van der Waals surface area (Å²) in [6.45, 7) is 5.01. The lowest BCUT2D eigenvalue weighted by molar-refractivity contribution is -0.392. The van der Waals surface area contributed by atoms with E-state index in [-0.39, 0.29) is 6.42 Å². The Morgan fingerprint density at radius 1 is 1.32 bits per heavy atom. The second kappa shape index (κ2) is 8.36. The summed E-state index contributed by atoms with van der Waals surface area (Å²) in [6.07, 6.45) is 2.78. The fourth-order valence-electron chi connectivity index (χ4n) is 2.34. The maximum atomic E-state index is 12.5. The number of nitro benzene ring substituents is 2. The van der Waals surface area contributed by atoms with Crippen molar-refractivity contribution in [3.05, 3.63) is 61.0 Å². The van der Waals surface area contributed by atoms with Crippen molar-refractivity contribution in [2.45, 2.75) is 12.5 Å². The van der Waals surface area contributed by atoms with Crippen LogP contribution in [0.15, 0.2) is 24.7 Å². The predicted octanol–water partition coefficient (Wildman–Crippen LogP) is 1.33. The van der Waals surface area contributed by atoms with Crippen molar-refractivity contribution in [3.8, 4) is 6.57 Å². The molecular weight excluding hydrogens is 376 g/mol. The molecule has 1 amide bonds. The molecule has 28 heavy (non-hydrogen) atoms. The number of aromatic nitrogens is 2. The summed E-state index contributed by atoms with van der Waals surface area (Å²) in [5, 5.41) is 24.7. The topological polar surface area (TPSA) is 175 Å². The molecule has 0 aliphatic rings. The van der Waals surface area contributed by atoms with Gasteiger partial charge in [-0.1, -0.05) is 0 Å². The van der Waals surface area contributed by atoms with Crippen molar-refractivity contribution in [2.24, 2.45) is 0 Å². The minimum Gasteiger partial charge on any atom is -0.467 e. The predicted molar refractivity (Wildman–Crippen MR) is 93.3 cm³/mol. The first kappa shape index (κ1) is 20.0. The quantitative estimate of drug-likeness (QED) is 0.405. The third-order valence-electron chi connectivity index (χ3n) is 3.62. The summed E-state index contributed by atoms with van der Waals surface area (Å²) >= 11 is 0. The van der Waals surface area contributed by atoms with E-state index in [1.807, 2.05) is 0 Å². The number of ether oxygens (including phenoxy) is 1. The molecule has 1 aromatic carbocycles. The van der Waals surface area contributed by atoms with Gasteiger partial charge in [0.15, 0.2) is 0 Å². The lowest BCUT2D eigenvalue weighted by Gasteiger charge is -2.15. The summed E-state index contributed by atoms with van der Waals surface area (Å²) in [5.41, 5.74) is -2.27. The van der Waals surface area contributed by atoms with Crippen molar-refractivity contribution in [1.82, 2.24) is 15.3 Å². The highest BCUT2D eigenvalue weighted by Gasteiger charge is 2.37. The first-order chi connectivity index (χ1) is 13.3. The van der Waals surface area contributed by atoms with Crippen LogP contribution in [0, 0.1) is 26.8 Å². The smallest absolute Gasteiger partial charge is 0.467 e. The van der Waals surface area contributed by atoms with E-state index in [9.17, 15) is 29.8 Å². The van der Waals surface area contributed by atoms with Crippen LogP contribution in [-0.4, -0.2) is 44.8 Å². The molecule has 0 fully saturated rings. The lowest BCUT2D eigenvalue weighted by atomic mass is 10.1. The van der Waals surface area contributed by atoms with Crippen LogP contribution >= 0.6 is 0 Å². The van der Waals surface area contributed by atoms with Crippen LogP contribution in [0.5, 0.6) is 0 Å². The monoisotopic (exact) mass is 389 g/mol. The number of nitrogens with one attached hydrogen (secondary N) is 2. The molecule has 1 heterocycles. The number of carbonyl (C=O) groups excluding carboxylic acids is 2. The number of imidazole rings is 1. The number of rotatable bonds is 7. The zero-order chi connectivity index (χ0) is 20.8. The van der Waals surface area contributed by atoms with Crippen molar-refractivity contribution in [2.75, 3.05) is 7.11 Å². The van der Waals surface area contributed by atoms with E-state index in [4.69, 9.17) is 6.57 Å². The van der Waals surface area contributed by atoms with Gasteiger partial charge in [-0.05, 0) is 4.85 Å². The number of nitrogens with zero attached hydrogens (tertiary/aromatic N) is 4. The van der Waals surface area contributed by atoms with Gasteiger partial charge >= 0.3 is 23.0 Å². The number of amides is 1. The maximum absolute atomic E-state index is 12.5. The third-order valence-corrected chi connectivity index (χ3v) is 3.62.